The highest BCUT2D eigenvalue weighted by Gasteiger charge is 2.60. The van der Waals surface area contributed by atoms with Crippen LogP contribution in [0.3, 0.4) is 0 Å². The van der Waals surface area contributed by atoms with Crippen LogP contribution in [-0.2, 0) is 19.1 Å². The van der Waals surface area contributed by atoms with Crippen LogP contribution in [0.1, 0.15) is 13.8 Å². The maximum Gasteiger partial charge on any atom is 0.338 e. The van der Waals surface area contributed by atoms with Gasteiger partial charge in [0.05, 0.1) is 17.3 Å². The summed E-state index contributed by atoms with van der Waals surface area (Å²) in [7, 11) is 0. The second-order valence-electron chi connectivity index (χ2n) is 6.15. The number of nitrogens with zero attached hydrogens (tertiary/aromatic N) is 2. The minimum Gasteiger partial charge on any atom is -0.464 e. The summed E-state index contributed by atoms with van der Waals surface area (Å²) in [6, 6.07) is 15.2. The highest BCUT2D eigenvalue weighted by Crippen LogP contribution is 2.33. The van der Waals surface area contributed by atoms with Crippen molar-refractivity contribution in [3.63, 3.8) is 0 Å². The number of hydrazone groups is 1. The third-order valence-corrected chi connectivity index (χ3v) is 4.70. The first-order chi connectivity index (χ1) is 13.4. The summed E-state index contributed by atoms with van der Waals surface area (Å²) < 4.78 is 5.16. The number of benzene rings is 2. The lowest BCUT2D eigenvalue weighted by Gasteiger charge is -2.31. The Bertz CT molecular complexity index is 961. The average Bonchev–Trinajstić information content (AvgIpc) is 2.89. The first-order valence-corrected chi connectivity index (χ1v) is 8.99. The van der Waals surface area contributed by atoms with Gasteiger partial charge < -0.3 is 4.74 Å². The molecule has 0 unspecified atom stereocenters. The Hall–Kier alpha value is -3.19. The van der Waals surface area contributed by atoms with E-state index in [2.05, 4.69) is 10.5 Å². The van der Waals surface area contributed by atoms with E-state index < -0.39 is 23.2 Å². The Labute approximate surface area is 166 Å². The molecule has 2 aromatic carbocycles. The average molecular weight is 400 g/mol. The monoisotopic (exact) mass is 399 g/mol. The van der Waals surface area contributed by atoms with Crippen LogP contribution >= 0.6 is 11.6 Å². The van der Waals surface area contributed by atoms with Gasteiger partial charge >= 0.3 is 11.9 Å². The van der Waals surface area contributed by atoms with Crippen molar-refractivity contribution in [3.05, 3.63) is 59.6 Å². The third-order valence-electron chi connectivity index (χ3n) is 4.37. The standard InChI is InChI=1S/C20H18ClN3O4/c1-3-28-19(27)20(2)17(23-22-15-12-8-7-11-14(15)21)16(25)18(26)24(20)13-9-5-4-6-10-13/h4-12,22H,3H2,1-2H3/b23-17-/t20-/m1/s1. The number of ether oxygens (including phenoxy) is 1. The Morgan fingerprint density at radius 1 is 1.14 bits per heavy atom. The fourth-order valence-electron chi connectivity index (χ4n) is 2.97. The van der Waals surface area contributed by atoms with Crippen molar-refractivity contribution < 1.29 is 19.1 Å². The minimum absolute atomic E-state index is 0.0880. The van der Waals surface area contributed by atoms with Crippen LogP contribution in [0.4, 0.5) is 11.4 Å². The predicted octanol–water partition coefficient (Wildman–Crippen LogP) is 3.05. The number of Topliss-reactive ketones (excluding diaryl/α,β-unsaturated/α-hetero) is 1. The molecule has 1 aliphatic rings. The van der Waals surface area contributed by atoms with Crippen molar-refractivity contribution in [2.75, 3.05) is 16.9 Å². The summed E-state index contributed by atoms with van der Waals surface area (Å²) in [6.45, 7) is 3.17. The summed E-state index contributed by atoms with van der Waals surface area (Å²) in [5, 5.41) is 4.46. The maximum absolute atomic E-state index is 12.8. The number of halogens is 1. The Kier molecular flexibility index (Phi) is 5.46. The molecule has 8 heteroatoms. The fourth-order valence-corrected chi connectivity index (χ4v) is 3.15. The number of carbonyl (C=O) groups is 3. The fraction of sp³-hybridized carbons (Fsp3) is 0.200. The van der Waals surface area contributed by atoms with Gasteiger partial charge in [-0.05, 0) is 38.1 Å². The molecule has 1 amide bonds. The van der Waals surface area contributed by atoms with Crippen LogP contribution in [0.5, 0.6) is 0 Å². The van der Waals surface area contributed by atoms with E-state index in [-0.39, 0.29) is 12.3 Å². The van der Waals surface area contributed by atoms with Crippen molar-refractivity contribution in [1.29, 1.82) is 0 Å². The maximum atomic E-state index is 12.8. The van der Waals surface area contributed by atoms with E-state index in [0.717, 1.165) is 4.90 Å². The van der Waals surface area contributed by atoms with E-state index in [9.17, 15) is 14.4 Å². The molecule has 0 radical (unpaired) electrons. The van der Waals surface area contributed by atoms with Gasteiger partial charge in [-0.2, -0.15) is 5.10 Å². The Balaban J connectivity index is 2.10. The second-order valence-corrected chi connectivity index (χ2v) is 6.56. The van der Waals surface area contributed by atoms with Crippen LogP contribution in [0.15, 0.2) is 59.7 Å². The molecule has 2 aromatic rings. The summed E-state index contributed by atoms with van der Waals surface area (Å²) in [5.74, 6) is -2.50. The first kappa shape index (κ1) is 19.6. The molecular formula is C20H18ClN3O4. The number of esters is 1. The van der Waals surface area contributed by atoms with E-state index in [4.69, 9.17) is 16.3 Å². The predicted molar refractivity (Wildman–Crippen MR) is 106 cm³/mol. The molecule has 1 heterocycles. The summed E-state index contributed by atoms with van der Waals surface area (Å²) in [5.41, 5.74) is 1.51. The van der Waals surface area contributed by atoms with Crippen LogP contribution in [0.25, 0.3) is 0 Å². The molecule has 3 rings (SSSR count). The number of hydrogen-bond donors (Lipinski definition) is 1. The van der Waals surface area contributed by atoms with Gasteiger partial charge in [0, 0.05) is 5.69 Å². The molecule has 1 N–H and O–H groups in total. The van der Waals surface area contributed by atoms with E-state index in [1.807, 2.05) is 0 Å². The number of para-hydroxylation sites is 2. The van der Waals surface area contributed by atoms with Crippen molar-refractivity contribution in [2.24, 2.45) is 5.10 Å². The van der Waals surface area contributed by atoms with Gasteiger partial charge in [0.1, 0.15) is 0 Å². The summed E-state index contributed by atoms with van der Waals surface area (Å²) in [6.07, 6.45) is 0. The van der Waals surface area contributed by atoms with E-state index in [1.165, 1.54) is 6.92 Å². The Morgan fingerprint density at radius 2 is 1.79 bits per heavy atom. The number of nitrogens with one attached hydrogen (secondary N) is 1. The molecule has 1 saturated heterocycles. The van der Waals surface area contributed by atoms with Crippen molar-refractivity contribution in [2.45, 2.75) is 19.4 Å². The number of amides is 1. The lowest BCUT2D eigenvalue weighted by molar-refractivity contribution is -0.147. The zero-order valence-electron chi connectivity index (χ0n) is 15.3. The van der Waals surface area contributed by atoms with Crippen LogP contribution in [0, 0.1) is 0 Å². The zero-order valence-corrected chi connectivity index (χ0v) is 16.1. The Morgan fingerprint density at radius 3 is 2.43 bits per heavy atom. The van der Waals surface area contributed by atoms with Crippen LogP contribution in [0.2, 0.25) is 5.02 Å². The normalized spacial score (nSPS) is 20.5. The number of anilines is 2. The quantitative estimate of drug-likeness (QED) is 0.474. The lowest BCUT2D eigenvalue weighted by atomic mass is 9.95. The van der Waals surface area contributed by atoms with E-state index in [0.29, 0.717) is 16.4 Å². The van der Waals surface area contributed by atoms with Crippen molar-refractivity contribution in [1.82, 2.24) is 0 Å². The summed E-state index contributed by atoms with van der Waals surface area (Å²) in [4.78, 5) is 39.4. The van der Waals surface area contributed by atoms with Gasteiger partial charge in [-0.1, -0.05) is 41.9 Å². The lowest BCUT2D eigenvalue weighted by Crippen LogP contribution is -2.55. The zero-order chi connectivity index (χ0) is 20.3. The van der Waals surface area contributed by atoms with Gasteiger partial charge in [0.2, 0.25) is 0 Å². The molecule has 0 spiro atoms. The molecule has 7 nitrogen and oxygen atoms in total. The van der Waals surface area contributed by atoms with Crippen LogP contribution < -0.4 is 10.3 Å². The van der Waals surface area contributed by atoms with Crippen LogP contribution in [-0.4, -0.2) is 35.5 Å². The second kappa shape index (κ2) is 7.82. The van der Waals surface area contributed by atoms with Gasteiger partial charge in [0.15, 0.2) is 11.3 Å². The van der Waals surface area contributed by atoms with Gasteiger partial charge in [-0.3, -0.25) is 19.9 Å². The molecule has 0 aromatic heterocycles. The number of rotatable bonds is 5. The van der Waals surface area contributed by atoms with Crippen molar-refractivity contribution >= 4 is 46.3 Å². The third kappa shape index (κ3) is 3.25. The smallest absolute Gasteiger partial charge is 0.338 e. The highest BCUT2D eigenvalue weighted by molar-refractivity contribution is 6.75. The number of hydrogen-bond acceptors (Lipinski definition) is 6. The molecule has 0 aliphatic carbocycles. The molecular weight excluding hydrogens is 382 g/mol. The van der Waals surface area contributed by atoms with Gasteiger partial charge in [0.25, 0.3) is 5.78 Å². The molecule has 1 fully saturated rings. The molecule has 28 heavy (non-hydrogen) atoms. The number of ketones is 1. The van der Waals surface area contributed by atoms with Gasteiger partial charge in [-0.25, -0.2) is 4.79 Å². The SMILES string of the molecule is CCOC(=O)[C@@]1(C)/C(=N\Nc2ccccc2Cl)C(=O)C(=O)N1c1ccccc1. The molecule has 0 saturated carbocycles. The number of carbonyl (C=O) groups excluding carboxylic acids is 3. The van der Waals surface area contributed by atoms with Crippen molar-refractivity contribution in [3.8, 4) is 0 Å². The van der Waals surface area contributed by atoms with Gasteiger partial charge in [-0.15, -0.1) is 0 Å². The molecule has 1 atom stereocenters. The molecule has 144 valence electrons. The molecule has 0 bridgehead atoms. The largest absolute Gasteiger partial charge is 0.464 e. The highest BCUT2D eigenvalue weighted by atomic mass is 35.5. The van der Waals surface area contributed by atoms with E-state index in [1.54, 1.807) is 61.5 Å². The molecule has 1 aliphatic heterocycles. The minimum atomic E-state index is -1.72. The van der Waals surface area contributed by atoms with E-state index >= 15 is 0 Å². The first-order valence-electron chi connectivity index (χ1n) is 8.61. The topological polar surface area (TPSA) is 88.1 Å². The summed E-state index contributed by atoms with van der Waals surface area (Å²) >= 11 is 6.10.